The van der Waals surface area contributed by atoms with Gasteiger partial charge in [-0.25, -0.2) is 0 Å². The predicted molar refractivity (Wildman–Crippen MR) is 61.9 cm³/mol. The van der Waals surface area contributed by atoms with Crippen LogP contribution in [0.15, 0.2) is 18.2 Å². The minimum atomic E-state index is -0.235. The van der Waals surface area contributed by atoms with Gasteiger partial charge in [-0.15, -0.1) is 0 Å². The number of methoxy groups -OCH3 is 1. The molecule has 5 nitrogen and oxygen atoms in total. The van der Waals surface area contributed by atoms with Crippen LogP contribution in [0.1, 0.15) is 5.56 Å². The molecule has 0 saturated carbocycles. The van der Waals surface area contributed by atoms with Gasteiger partial charge in [0.2, 0.25) is 0 Å². The average molecular weight is 221 g/mol. The smallest absolute Gasteiger partial charge is 0.101 e. The largest absolute Gasteiger partial charge is 0.396 e. The van der Waals surface area contributed by atoms with Crippen LogP contribution < -0.4 is 11.1 Å². The maximum atomic E-state index is 9.09. The number of hydrogen-bond acceptors (Lipinski definition) is 5. The van der Waals surface area contributed by atoms with E-state index in [-0.39, 0.29) is 12.6 Å². The summed E-state index contributed by atoms with van der Waals surface area (Å²) in [4.78, 5) is 0. The molecule has 1 aromatic carbocycles. The molecule has 0 aliphatic rings. The maximum Gasteiger partial charge on any atom is 0.101 e. The van der Waals surface area contributed by atoms with E-state index in [4.69, 9.17) is 20.8 Å². The lowest BCUT2D eigenvalue weighted by molar-refractivity contribution is 0.153. The molecule has 0 bridgehead atoms. The maximum absolute atomic E-state index is 9.09. The zero-order chi connectivity index (χ0) is 12.0. The number of nitriles is 1. The van der Waals surface area contributed by atoms with Crippen LogP contribution in [0.25, 0.3) is 0 Å². The van der Waals surface area contributed by atoms with Gasteiger partial charge in [0.25, 0.3) is 0 Å². The number of nitrogens with one attached hydrogen (secondary N) is 1. The molecule has 4 N–H and O–H groups in total. The number of nitrogens with two attached hydrogens (primary N) is 1. The Morgan fingerprint density at radius 2 is 2.38 bits per heavy atom. The summed E-state index contributed by atoms with van der Waals surface area (Å²) in [7, 11) is 1.55. The Balaban J connectivity index is 2.84. The average Bonchev–Trinajstić information content (AvgIpc) is 2.31. The fourth-order valence-electron chi connectivity index (χ4n) is 1.35. The molecule has 1 aromatic rings. The van der Waals surface area contributed by atoms with E-state index in [0.29, 0.717) is 23.5 Å². The van der Waals surface area contributed by atoms with E-state index in [9.17, 15) is 0 Å². The highest BCUT2D eigenvalue weighted by molar-refractivity contribution is 5.73. The SMILES string of the molecule is COCC(CO)Nc1cccc(C#N)c1N. The van der Waals surface area contributed by atoms with Crippen LogP contribution in [0.4, 0.5) is 11.4 Å². The fourth-order valence-corrected chi connectivity index (χ4v) is 1.35. The number of hydrogen-bond donors (Lipinski definition) is 3. The van der Waals surface area contributed by atoms with E-state index in [2.05, 4.69) is 5.32 Å². The van der Waals surface area contributed by atoms with E-state index in [1.165, 1.54) is 0 Å². The number of nitrogens with zero attached hydrogens (tertiary/aromatic N) is 1. The molecule has 0 aliphatic heterocycles. The highest BCUT2D eigenvalue weighted by atomic mass is 16.5. The Hall–Kier alpha value is -1.77. The Labute approximate surface area is 94.4 Å². The van der Waals surface area contributed by atoms with Crippen molar-refractivity contribution in [1.29, 1.82) is 5.26 Å². The second-order valence-electron chi connectivity index (χ2n) is 3.36. The Bertz CT molecular complexity index is 387. The molecule has 0 amide bonds. The van der Waals surface area contributed by atoms with Crippen LogP contribution in [0.3, 0.4) is 0 Å². The van der Waals surface area contributed by atoms with Crippen LogP contribution in [-0.2, 0) is 4.74 Å². The van der Waals surface area contributed by atoms with Crippen molar-refractivity contribution in [3.8, 4) is 6.07 Å². The Morgan fingerprint density at radius 3 is 2.94 bits per heavy atom. The third kappa shape index (κ3) is 2.86. The van der Waals surface area contributed by atoms with Gasteiger partial charge in [0.05, 0.1) is 36.2 Å². The number of para-hydroxylation sites is 1. The van der Waals surface area contributed by atoms with E-state index < -0.39 is 0 Å². The molecule has 0 spiro atoms. The quantitative estimate of drug-likeness (QED) is 0.632. The number of nitrogen functional groups attached to an aromatic ring is 1. The molecule has 1 atom stereocenters. The zero-order valence-electron chi connectivity index (χ0n) is 9.10. The van der Waals surface area contributed by atoms with Crippen molar-refractivity contribution in [3.05, 3.63) is 23.8 Å². The Morgan fingerprint density at radius 1 is 1.62 bits per heavy atom. The number of benzene rings is 1. The number of rotatable bonds is 5. The number of ether oxygens (including phenoxy) is 1. The molecular weight excluding hydrogens is 206 g/mol. The molecule has 0 aliphatic carbocycles. The summed E-state index contributed by atoms with van der Waals surface area (Å²) in [5.41, 5.74) is 7.22. The molecule has 0 saturated heterocycles. The van der Waals surface area contributed by atoms with Gasteiger partial charge in [-0.2, -0.15) is 5.26 Å². The lowest BCUT2D eigenvalue weighted by Gasteiger charge is -2.18. The molecule has 86 valence electrons. The van der Waals surface area contributed by atoms with Crippen molar-refractivity contribution >= 4 is 11.4 Å². The summed E-state index contributed by atoms with van der Waals surface area (Å²) in [5.74, 6) is 0. The van der Waals surface area contributed by atoms with Crippen molar-refractivity contribution in [1.82, 2.24) is 0 Å². The van der Waals surface area contributed by atoms with Gasteiger partial charge in [-0.05, 0) is 12.1 Å². The fraction of sp³-hybridized carbons (Fsp3) is 0.364. The van der Waals surface area contributed by atoms with Crippen LogP contribution in [0, 0.1) is 11.3 Å². The Kier molecular flexibility index (Phi) is 4.58. The second kappa shape index (κ2) is 5.95. The highest BCUT2D eigenvalue weighted by Crippen LogP contribution is 2.22. The first-order chi connectivity index (χ1) is 7.72. The van der Waals surface area contributed by atoms with Gasteiger partial charge in [0.1, 0.15) is 6.07 Å². The normalized spacial score (nSPS) is 11.8. The van der Waals surface area contributed by atoms with Crippen molar-refractivity contribution < 1.29 is 9.84 Å². The lowest BCUT2D eigenvalue weighted by Crippen LogP contribution is -2.29. The van der Waals surface area contributed by atoms with Crippen molar-refractivity contribution in [2.45, 2.75) is 6.04 Å². The summed E-state index contributed by atoms with van der Waals surface area (Å²) in [6.45, 7) is 0.302. The molecule has 0 heterocycles. The standard InChI is InChI=1S/C11H15N3O2/c1-16-7-9(6-15)14-10-4-2-3-8(5-12)11(10)13/h2-4,9,14-15H,6-7,13H2,1H3. The minimum Gasteiger partial charge on any atom is -0.396 e. The van der Waals surface area contributed by atoms with Crippen LogP contribution in [0.2, 0.25) is 0 Å². The molecular formula is C11H15N3O2. The van der Waals surface area contributed by atoms with Gasteiger partial charge in [0, 0.05) is 7.11 Å². The van der Waals surface area contributed by atoms with Gasteiger partial charge in [-0.1, -0.05) is 6.07 Å². The predicted octanol–water partition coefficient (Wildman–Crippen LogP) is 0.560. The zero-order valence-corrected chi connectivity index (χ0v) is 9.10. The van der Waals surface area contributed by atoms with Crippen LogP contribution in [-0.4, -0.2) is 31.5 Å². The monoisotopic (exact) mass is 221 g/mol. The van der Waals surface area contributed by atoms with E-state index in [0.717, 1.165) is 0 Å². The third-order valence-electron chi connectivity index (χ3n) is 2.17. The summed E-state index contributed by atoms with van der Waals surface area (Å²) >= 11 is 0. The van der Waals surface area contributed by atoms with E-state index in [1.807, 2.05) is 6.07 Å². The van der Waals surface area contributed by atoms with Crippen LogP contribution in [0.5, 0.6) is 0 Å². The number of anilines is 2. The summed E-state index contributed by atoms with van der Waals surface area (Å²) in [6, 6.07) is 6.90. The summed E-state index contributed by atoms with van der Waals surface area (Å²) in [5, 5.41) is 20.9. The van der Waals surface area contributed by atoms with Gasteiger partial charge in [0.15, 0.2) is 0 Å². The minimum absolute atomic E-state index is 0.0654. The second-order valence-corrected chi connectivity index (χ2v) is 3.36. The first kappa shape index (κ1) is 12.3. The van der Waals surface area contributed by atoms with E-state index >= 15 is 0 Å². The van der Waals surface area contributed by atoms with Gasteiger partial charge in [-0.3, -0.25) is 0 Å². The van der Waals surface area contributed by atoms with E-state index in [1.54, 1.807) is 25.3 Å². The number of aliphatic hydroxyl groups is 1. The van der Waals surface area contributed by atoms with Crippen molar-refractivity contribution in [2.24, 2.45) is 0 Å². The molecule has 0 aromatic heterocycles. The molecule has 0 fully saturated rings. The molecule has 1 rings (SSSR count). The summed E-state index contributed by atoms with van der Waals surface area (Å²) < 4.78 is 4.94. The first-order valence-corrected chi connectivity index (χ1v) is 4.87. The van der Waals surface area contributed by atoms with Gasteiger partial charge >= 0.3 is 0 Å². The third-order valence-corrected chi connectivity index (χ3v) is 2.17. The first-order valence-electron chi connectivity index (χ1n) is 4.87. The summed E-state index contributed by atoms with van der Waals surface area (Å²) in [6.07, 6.45) is 0. The van der Waals surface area contributed by atoms with Crippen molar-refractivity contribution in [2.75, 3.05) is 31.4 Å². The molecule has 0 radical (unpaired) electrons. The molecule has 1 unspecified atom stereocenters. The van der Waals surface area contributed by atoms with Gasteiger partial charge < -0.3 is 20.9 Å². The number of aliphatic hydroxyl groups excluding tert-OH is 1. The van der Waals surface area contributed by atoms with Crippen molar-refractivity contribution in [3.63, 3.8) is 0 Å². The van der Waals surface area contributed by atoms with Crippen LogP contribution >= 0.6 is 0 Å². The highest BCUT2D eigenvalue weighted by Gasteiger charge is 2.10. The topological polar surface area (TPSA) is 91.3 Å². The molecule has 16 heavy (non-hydrogen) atoms. The molecule has 5 heteroatoms. The lowest BCUT2D eigenvalue weighted by atomic mass is 10.1.